The van der Waals surface area contributed by atoms with E-state index in [1.165, 1.54) is 38.2 Å². The van der Waals surface area contributed by atoms with Gasteiger partial charge in [0.25, 0.3) is 0 Å². The molecule has 0 radical (unpaired) electrons. The van der Waals surface area contributed by atoms with Crippen molar-refractivity contribution in [1.82, 2.24) is 15.2 Å². The number of nitrogens with zero attached hydrogens (tertiary/aromatic N) is 2. The predicted octanol–water partition coefficient (Wildman–Crippen LogP) is 2.03. The summed E-state index contributed by atoms with van der Waals surface area (Å²) in [5.41, 5.74) is 1.17. The summed E-state index contributed by atoms with van der Waals surface area (Å²) in [6.07, 6.45) is 4.62. The van der Waals surface area contributed by atoms with Crippen LogP contribution in [0.25, 0.3) is 0 Å². The zero-order valence-electron chi connectivity index (χ0n) is 9.90. The van der Waals surface area contributed by atoms with Gasteiger partial charge in [0.05, 0.1) is 5.69 Å². The molecule has 4 heteroatoms. The first-order chi connectivity index (χ1) is 8.31. The summed E-state index contributed by atoms with van der Waals surface area (Å²) in [5.74, 6) is 0.860. The summed E-state index contributed by atoms with van der Waals surface area (Å²) in [6.45, 7) is 4.60. The van der Waals surface area contributed by atoms with E-state index < -0.39 is 0 Å². The van der Waals surface area contributed by atoms with E-state index in [-0.39, 0.29) is 0 Å². The van der Waals surface area contributed by atoms with Crippen LogP contribution in [0.5, 0.6) is 0 Å². The van der Waals surface area contributed by atoms with Crippen molar-refractivity contribution >= 4 is 15.9 Å². The maximum absolute atomic E-state index is 4.45. The van der Waals surface area contributed by atoms with Crippen molar-refractivity contribution in [3.63, 3.8) is 0 Å². The highest BCUT2D eigenvalue weighted by Crippen LogP contribution is 2.25. The Morgan fingerprint density at radius 2 is 2.35 bits per heavy atom. The number of piperidine rings is 1. The number of nitrogens with one attached hydrogen (secondary N) is 1. The molecule has 0 aromatic carbocycles. The number of fused-ring (bicyclic) bond motifs is 1. The van der Waals surface area contributed by atoms with Crippen LogP contribution in [-0.2, 0) is 6.54 Å². The van der Waals surface area contributed by atoms with Gasteiger partial charge >= 0.3 is 0 Å². The molecule has 3 rings (SSSR count). The van der Waals surface area contributed by atoms with Crippen LogP contribution in [0.4, 0.5) is 0 Å². The summed E-state index contributed by atoms with van der Waals surface area (Å²) in [7, 11) is 0. The second-order valence-corrected chi connectivity index (χ2v) is 6.04. The fourth-order valence-corrected chi connectivity index (χ4v) is 3.23. The molecule has 0 saturated carbocycles. The molecular formula is C13H18BrN3. The minimum atomic E-state index is 0.721. The van der Waals surface area contributed by atoms with Crippen LogP contribution in [0.2, 0.25) is 0 Å². The third-order valence-corrected chi connectivity index (χ3v) is 4.32. The van der Waals surface area contributed by atoms with E-state index in [2.05, 4.69) is 43.3 Å². The molecule has 2 aliphatic heterocycles. The van der Waals surface area contributed by atoms with Gasteiger partial charge in [-0.15, -0.1) is 0 Å². The topological polar surface area (TPSA) is 28.2 Å². The van der Waals surface area contributed by atoms with Crippen molar-refractivity contribution < 1.29 is 0 Å². The zero-order valence-corrected chi connectivity index (χ0v) is 11.5. The van der Waals surface area contributed by atoms with Gasteiger partial charge in [0.15, 0.2) is 0 Å². The molecule has 92 valence electrons. The molecular weight excluding hydrogens is 278 g/mol. The van der Waals surface area contributed by atoms with Gasteiger partial charge in [-0.25, -0.2) is 0 Å². The van der Waals surface area contributed by atoms with Gasteiger partial charge in [0.2, 0.25) is 0 Å². The number of aromatic nitrogens is 1. The lowest BCUT2D eigenvalue weighted by Gasteiger charge is -2.24. The number of likely N-dealkylation sites (tertiary alicyclic amines) is 1. The number of hydrogen-bond donors (Lipinski definition) is 1. The molecule has 1 aromatic heterocycles. The van der Waals surface area contributed by atoms with E-state index in [4.69, 9.17) is 0 Å². The Morgan fingerprint density at radius 1 is 1.41 bits per heavy atom. The largest absolute Gasteiger partial charge is 0.312 e. The third kappa shape index (κ3) is 2.69. The monoisotopic (exact) mass is 295 g/mol. The highest BCUT2D eigenvalue weighted by molar-refractivity contribution is 9.10. The average Bonchev–Trinajstić information content (AvgIpc) is 2.74. The predicted molar refractivity (Wildman–Crippen MR) is 71.7 cm³/mol. The minimum Gasteiger partial charge on any atom is -0.312 e. The van der Waals surface area contributed by atoms with Crippen LogP contribution in [0.3, 0.4) is 0 Å². The quantitative estimate of drug-likeness (QED) is 0.905. The molecule has 1 aromatic rings. The highest BCUT2D eigenvalue weighted by atomic mass is 79.9. The van der Waals surface area contributed by atoms with Crippen molar-refractivity contribution in [1.29, 1.82) is 0 Å². The first-order valence-electron chi connectivity index (χ1n) is 6.37. The van der Waals surface area contributed by atoms with Gasteiger partial charge in [0.1, 0.15) is 0 Å². The van der Waals surface area contributed by atoms with Gasteiger partial charge < -0.3 is 5.32 Å². The molecule has 17 heavy (non-hydrogen) atoms. The van der Waals surface area contributed by atoms with Gasteiger partial charge in [-0.3, -0.25) is 9.88 Å². The maximum Gasteiger partial charge on any atom is 0.0544 e. The van der Waals surface area contributed by atoms with Crippen molar-refractivity contribution in [3.05, 3.63) is 28.5 Å². The minimum absolute atomic E-state index is 0.721. The summed E-state index contributed by atoms with van der Waals surface area (Å²) < 4.78 is 1.05. The van der Waals surface area contributed by atoms with E-state index in [1.54, 1.807) is 0 Å². The second-order valence-electron chi connectivity index (χ2n) is 5.12. The molecule has 2 saturated heterocycles. The van der Waals surface area contributed by atoms with Gasteiger partial charge in [-0.1, -0.05) is 0 Å². The molecule has 0 spiro atoms. The highest BCUT2D eigenvalue weighted by Gasteiger charge is 2.33. The number of halogens is 1. The Morgan fingerprint density at radius 3 is 3.12 bits per heavy atom. The standard InChI is InChI=1S/C13H18BrN3/c14-11-3-4-12(16-6-11)8-17-7-10-2-1-5-15-13(10)9-17/h3-4,6,10,13,15H,1-2,5,7-9H2/t10-,13+/m0/s1. The van der Waals surface area contributed by atoms with Gasteiger partial charge in [-0.2, -0.15) is 0 Å². The molecule has 3 nitrogen and oxygen atoms in total. The number of rotatable bonds is 2. The van der Waals surface area contributed by atoms with Crippen LogP contribution in [0.1, 0.15) is 18.5 Å². The van der Waals surface area contributed by atoms with E-state index >= 15 is 0 Å². The van der Waals surface area contributed by atoms with Crippen molar-refractivity contribution in [2.75, 3.05) is 19.6 Å². The summed E-state index contributed by atoms with van der Waals surface area (Å²) in [4.78, 5) is 6.98. The maximum atomic E-state index is 4.45. The van der Waals surface area contributed by atoms with Crippen LogP contribution in [0.15, 0.2) is 22.8 Å². The normalized spacial score (nSPS) is 29.2. The Bertz CT molecular complexity index is 365. The lowest BCUT2D eigenvalue weighted by Crippen LogP contribution is -2.40. The first kappa shape index (κ1) is 11.6. The first-order valence-corrected chi connectivity index (χ1v) is 7.17. The van der Waals surface area contributed by atoms with Crippen LogP contribution < -0.4 is 5.32 Å². The summed E-state index contributed by atoms with van der Waals surface area (Å²) >= 11 is 3.42. The molecule has 0 unspecified atom stereocenters. The fourth-order valence-electron chi connectivity index (χ4n) is 2.99. The van der Waals surface area contributed by atoms with Gasteiger partial charge in [-0.05, 0) is 53.4 Å². The van der Waals surface area contributed by atoms with Crippen molar-refractivity contribution in [2.24, 2.45) is 5.92 Å². The zero-order chi connectivity index (χ0) is 11.7. The molecule has 2 fully saturated rings. The lowest BCUT2D eigenvalue weighted by atomic mass is 9.94. The Hall–Kier alpha value is -0.450. The van der Waals surface area contributed by atoms with E-state index in [0.717, 1.165) is 23.0 Å². The van der Waals surface area contributed by atoms with E-state index in [0.29, 0.717) is 0 Å². The van der Waals surface area contributed by atoms with E-state index in [9.17, 15) is 0 Å². The van der Waals surface area contributed by atoms with E-state index in [1.807, 2.05) is 6.20 Å². The smallest absolute Gasteiger partial charge is 0.0544 e. The average molecular weight is 296 g/mol. The summed E-state index contributed by atoms with van der Waals surface area (Å²) in [5, 5.41) is 3.64. The molecule has 2 atom stereocenters. The number of pyridine rings is 1. The van der Waals surface area contributed by atoms with Crippen LogP contribution in [0, 0.1) is 5.92 Å². The molecule has 3 heterocycles. The lowest BCUT2D eigenvalue weighted by molar-refractivity contribution is 0.309. The van der Waals surface area contributed by atoms with Crippen molar-refractivity contribution in [3.8, 4) is 0 Å². The molecule has 0 amide bonds. The fraction of sp³-hybridized carbons (Fsp3) is 0.615. The Balaban J connectivity index is 1.61. The van der Waals surface area contributed by atoms with Crippen LogP contribution in [-0.4, -0.2) is 35.6 Å². The molecule has 2 aliphatic rings. The third-order valence-electron chi connectivity index (χ3n) is 3.85. The molecule has 1 N–H and O–H groups in total. The van der Waals surface area contributed by atoms with Crippen LogP contribution >= 0.6 is 15.9 Å². The molecule has 0 bridgehead atoms. The Labute approximate surface area is 111 Å². The Kier molecular flexibility index (Phi) is 3.45. The van der Waals surface area contributed by atoms with Gasteiger partial charge in [0, 0.05) is 36.3 Å². The van der Waals surface area contributed by atoms with Crippen molar-refractivity contribution in [2.45, 2.75) is 25.4 Å². The number of hydrogen-bond acceptors (Lipinski definition) is 3. The summed E-state index contributed by atoms with van der Waals surface area (Å²) in [6, 6.07) is 4.91. The molecule has 0 aliphatic carbocycles. The second kappa shape index (κ2) is 5.04. The SMILES string of the molecule is Brc1ccc(CN2C[C@@H]3CCCN[C@@H]3C2)nc1.